The Hall–Kier alpha value is -1.05. The van der Waals surface area contributed by atoms with E-state index in [1.54, 1.807) is 11.6 Å². The number of carbonyl (C=O) groups excluding carboxylic acids is 1. The van der Waals surface area contributed by atoms with Crippen LogP contribution in [0.2, 0.25) is 0 Å². The van der Waals surface area contributed by atoms with Crippen molar-refractivity contribution in [3.8, 4) is 0 Å². The average Bonchev–Trinajstić information content (AvgIpc) is 2.62. The Balaban J connectivity index is 1.91. The van der Waals surface area contributed by atoms with E-state index in [1.165, 1.54) is 52.1 Å². The Bertz CT molecular complexity index is 683. The van der Waals surface area contributed by atoms with Gasteiger partial charge in [0, 0.05) is 6.08 Å². The smallest absolute Gasteiger partial charge is 0.330 e. The molecule has 0 amide bonds. The monoisotopic (exact) mass is 386 g/mol. The lowest BCUT2D eigenvalue weighted by atomic mass is 9.46. The van der Waals surface area contributed by atoms with Crippen LogP contribution in [0.15, 0.2) is 22.8 Å². The van der Waals surface area contributed by atoms with Gasteiger partial charge in [0.05, 0.1) is 7.11 Å². The molecule has 0 aliphatic heterocycles. The van der Waals surface area contributed by atoms with Gasteiger partial charge >= 0.3 is 5.97 Å². The van der Waals surface area contributed by atoms with Gasteiger partial charge < -0.3 is 4.74 Å². The van der Waals surface area contributed by atoms with E-state index in [-0.39, 0.29) is 11.4 Å². The first-order valence-electron chi connectivity index (χ1n) is 11.5. The molecule has 3 aliphatic carbocycles. The topological polar surface area (TPSA) is 26.3 Å². The van der Waals surface area contributed by atoms with Crippen molar-refractivity contribution in [2.75, 3.05) is 7.11 Å². The van der Waals surface area contributed by atoms with Gasteiger partial charge in [-0.25, -0.2) is 4.79 Å². The van der Waals surface area contributed by atoms with Gasteiger partial charge in [0.2, 0.25) is 0 Å². The van der Waals surface area contributed by atoms with Crippen molar-refractivity contribution in [2.24, 2.45) is 28.1 Å². The van der Waals surface area contributed by atoms with Crippen LogP contribution in [-0.2, 0) is 9.53 Å². The Morgan fingerprint density at radius 3 is 2.46 bits per heavy atom. The third-order valence-corrected chi connectivity index (χ3v) is 9.17. The fourth-order valence-corrected chi connectivity index (χ4v) is 7.21. The van der Waals surface area contributed by atoms with Gasteiger partial charge in [0.15, 0.2) is 0 Å². The summed E-state index contributed by atoms with van der Waals surface area (Å²) in [6.07, 6.45) is 13.2. The zero-order valence-electron chi connectivity index (χ0n) is 19.4. The molecule has 2 heteroatoms. The molecule has 3 rings (SSSR count). The van der Waals surface area contributed by atoms with Crippen LogP contribution in [0, 0.1) is 28.1 Å². The summed E-state index contributed by atoms with van der Waals surface area (Å²) in [4.78, 5) is 11.6. The van der Waals surface area contributed by atoms with Crippen LogP contribution < -0.4 is 0 Å². The van der Waals surface area contributed by atoms with Crippen molar-refractivity contribution in [3.63, 3.8) is 0 Å². The van der Waals surface area contributed by atoms with Gasteiger partial charge in [0.25, 0.3) is 0 Å². The molecule has 1 saturated carbocycles. The van der Waals surface area contributed by atoms with Crippen LogP contribution in [0.1, 0.15) is 99.3 Å². The first-order valence-corrected chi connectivity index (χ1v) is 11.5. The number of allylic oxidation sites excluding steroid dienone is 3. The highest BCUT2D eigenvalue weighted by atomic mass is 16.5. The molecule has 0 radical (unpaired) electrons. The molecule has 2 nitrogen and oxygen atoms in total. The molecule has 0 spiro atoms. The van der Waals surface area contributed by atoms with Gasteiger partial charge in [-0.2, -0.15) is 0 Å². The molecule has 28 heavy (non-hydrogen) atoms. The van der Waals surface area contributed by atoms with Crippen molar-refractivity contribution < 1.29 is 9.53 Å². The minimum absolute atomic E-state index is 0.225. The van der Waals surface area contributed by atoms with Gasteiger partial charge in [-0.15, -0.1) is 0 Å². The molecular formula is C26H42O2. The molecule has 0 aromatic heterocycles. The van der Waals surface area contributed by atoms with Gasteiger partial charge in [-0.3, -0.25) is 0 Å². The van der Waals surface area contributed by atoms with E-state index in [0.717, 1.165) is 24.3 Å². The van der Waals surface area contributed by atoms with E-state index >= 15 is 0 Å². The number of hydrogen-bond donors (Lipinski definition) is 0. The summed E-state index contributed by atoms with van der Waals surface area (Å²) in [5.74, 6) is 1.33. The first-order chi connectivity index (χ1) is 13.0. The molecule has 2 unspecified atom stereocenters. The molecular weight excluding hydrogens is 344 g/mol. The zero-order valence-corrected chi connectivity index (χ0v) is 19.4. The Labute approximate surface area is 173 Å². The van der Waals surface area contributed by atoms with E-state index in [1.807, 2.05) is 5.57 Å². The molecule has 4 atom stereocenters. The molecule has 158 valence electrons. The Morgan fingerprint density at radius 2 is 1.79 bits per heavy atom. The summed E-state index contributed by atoms with van der Waals surface area (Å²) in [6, 6.07) is 0. The molecule has 0 heterocycles. The van der Waals surface area contributed by atoms with Crippen LogP contribution >= 0.6 is 0 Å². The van der Waals surface area contributed by atoms with Crippen LogP contribution in [0.5, 0.6) is 0 Å². The summed E-state index contributed by atoms with van der Waals surface area (Å²) in [7, 11) is 1.46. The normalized spacial score (nSPS) is 37.9. The number of ether oxygens (including phenoxy) is 1. The highest BCUT2D eigenvalue weighted by Gasteiger charge is 2.54. The second kappa shape index (κ2) is 7.65. The summed E-state index contributed by atoms with van der Waals surface area (Å²) >= 11 is 0. The quantitative estimate of drug-likeness (QED) is 0.289. The lowest BCUT2D eigenvalue weighted by molar-refractivity contribution is -0.134. The fraction of sp³-hybridized carbons (Fsp3) is 0.808. The predicted octanol–water partition coefficient (Wildman–Crippen LogP) is 7.25. The molecule has 0 aromatic rings. The van der Waals surface area contributed by atoms with Crippen molar-refractivity contribution in [3.05, 3.63) is 22.8 Å². The maximum Gasteiger partial charge on any atom is 0.330 e. The molecule has 0 aromatic carbocycles. The minimum Gasteiger partial charge on any atom is -0.466 e. The summed E-state index contributed by atoms with van der Waals surface area (Å²) in [5.41, 5.74) is 5.94. The predicted molar refractivity (Wildman–Crippen MR) is 117 cm³/mol. The number of methoxy groups -OCH3 is 1. The number of fused-ring (bicyclic) bond motifs is 2. The molecule has 0 bridgehead atoms. The lowest BCUT2D eigenvalue weighted by Crippen LogP contribution is -2.49. The van der Waals surface area contributed by atoms with E-state index in [2.05, 4.69) is 41.5 Å². The average molecular weight is 387 g/mol. The highest BCUT2D eigenvalue weighted by molar-refractivity contribution is 5.82. The number of esters is 1. The van der Waals surface area contributed by atoms with Crippen LogP contribution in [0.3, 0.4) is 0 Å². The van der Waals surface area contributed by atoms with Gasteiger partial charge in [-0.1, -0.05) is 57.8 Å². The largest absolute Gasteiger partial charge is 0.466 e. The number of rotatable bonds is 4. The van der Waals surface area contributed by atoms with Crippen LogP contribution in [0.25, 0.3) is 0 Å². The number of hydrogen-bond acceptors (Lipinski definition) is 2. The third-order valence-electron chi connectivity index (χ3n) is 9.17. The highest BCUT2D eigenvalue weighted by Crippen LogP contribution is 2.65. The second-order valence-electron chi connectivity index (χ2n) is 11.2. The van der Waals surface area contributed by atoms with Crippen molar-refractivity contribution in [1.82, 2.24) is 0 Å². The van der Waals surface area contributed by atoms with E-state index in [4.69, 9.17) is 4.74 Å². The van der Waals surface area contributed by atoms with E-state index in [0.29, 0.717) is 16.7 Å². The summed E-state index contributed by atoms with van der Waals surface area (Å²) < 4.78 is 4.81. The van der Waals surface area contributed by atoms with Gasteiger partial charge in [-0.05, 0) is 86.4 Å². The summed E-state index contributed by atoms with van der Waals surface area (Å²) in [6.45, 7) is 14.7. The minimum atomic E-state index is -0.225. The molecule has 0 N–H and O–H groups in total. The summed E-state index contributed by atoms with van der Waals surface area (Å²) in [5, 5.41) is 0. The standard InChI is InChI=1S/C26H42O2/c1-18(17-23(27)28-7)13-16-25(5)19(2)9-10-21-20(25)11-12-22-24(3,4)14-8-15-26(21,22)6/h17,19,22H,8-16H2,1-7H3/b18-17+/t19?,22?,25-,26+/m0/s1. The number of carbonyl (C=O) groups is 1. The molecule has 0 saturated heterocycles. The Kier molecular flexibility index (Phi) is 5.92. The SMILES string of the molecule is COC(=O)/C=C(\C)CC[C@]1(C)C2=C(CCC1C)[C@@]1(C)CCCC(C)(C)C1CC2. The van der Waals surface area contributed by atoms with E-state index in [9.17, 15) is 4.79 Å². The van der Waals surface area contributed by atoms with Crippen molar-refractivity contribution in [1.29, 1.82) is 0 Å². The maximum absolute atomic E-state index is 11.6. The van der Waals surface area contributed by atoms with Crippen LogP contribution in [0.4, 0.5) is 0 Å². The molecule has 3 aliphatic rings. The second-order valence-corrected chi connectivity index (χ2v) is 11.2. The Morgan fingerprint density at radius 1 is 1.11 bits per heavy atom. The van der Waals surface area contributed by atoms with Crippen molar-refractivity contribution >= 4 is 5.97 Å². The zero-order chi connectivity index (χ0) is 20.7. The fourth-order valence-electron chi connectivity index (χ4n) is 7.21. The van der Waals surface area contributed by atoms with E-state index < -0.39 is 0 Å². The first kappa shape index (κ1) is 21.7. The maximum atomic E-state index is 11.6. The van der Waals surface area contributed by atoms with Gasteiger partial charge in [0.1, 0.15) is 0 Å². The third kappa shape index (κ3) is 3.61. The van der Waals surface area contributed by atoms with Crippen molar-refractivity contribution in [2.45, 2.75) is 99.3 Å². The lowest BCUT2D eigenvalue weighted by Gasteiger charge is -2.59. The van der Waals surface area contributed by atoms with Crippen LogP contribution in [-0.4, -0.2) is 13.1 Å². The molecule has 1 fully saturated rings.